The number of nitrogens with one attached hydrogen (secondary N) is 1. The van der Waals surface area contributed by atoms with Gasteiger partial charge in [-0.3, -0.25) is 4.79 Å². The summed E-state index contributed by atoms with van der Waals surface area (Å²) in [7, 11) is 0. The van der Waals surface area contributed by atoms with Crippen molar-refractivity contribution < 1.29 is 14.3 Å². The van der Waals surface area contributed by atoms with Crippen LogP contribution in [0.1, 0.15) is 19.3 Å². The van der Waals surface area contributed by atoms with Crippen LogP contribution in [-0.4, -0.2) is 62.9 Å². The third-order valence-corrected chi connectivity index (χ3v) is 4.65. The summed E-state index contributed by atoms with van der Waals surface area (Å²) in [6, 6.07) is 0. The van der Waals surface area contributed by atoms with Crippen molar-refractivity contribution in [2.45, 2.75) is 25.4 Å². The van der Waals surface area contributed by atoms with Crippen molar-refractivity contribution in [2.75, 3.05) is 46.0 Å². The first-order valence-electron chi connectivity index (χ1n) is 7.52. The Hall–Kier alpha value is -0.650. The highest BCUT2D eigenvalue weighted by molar-refractivity contribution is 5.77. The van der Waals surface area contributed by atoms with Crippen LogP contribution in [0.25, 0.3) is 0 Å². The zero-order chi connectivity index (χ0) is 13.1. The predicted octanol–water partition coefficient (Wildman–Crippen LogP) is 0.250. The minimum Gasteiger partial charge on any atom is -0.376 e. The number of carbonyl (C=O) groups excluding carboxylic acids is 1. The molecule has 0 aromatic heterocycles. The molecule has 0 aromatic rings. The fourth-order valence-electron chi connectivity index (χ4n) is 3.45. The highest BCUT2D eigenvalue weighted by Gasteiger charge is 2.39. The number of ether oxygens (including phenoxy) is 2. The SMILES string of the molecule is O=C(COCC[C@H]1CO[C@H]2CNC[C@@H]12)N1CCCC1. The molecular formula is C14H24N2O3. The third-order valence-electron chi connectivity index (χ3n) is 4.65. The van der Waals surface area contributed by atoms with Crippen molar-refractivity contribution in [1.29, 1.82) is 0 Å². The number of hydrogen-bond donors (Lipinski definition) is 1. The van der Waals surface area contributed by atoms with Crippen LogP contribution in [0.15, 0.2) is 0 Å². The number of nitrogens with zero attached hydrogens (tertiary/aromatic N) is 1. The second-order valence-corrected chi connectivity index (χ2v) is 5.88. The van der Waals surface area contributed by atoms with E-state index in [1.165, 1.54) is 0 Å². The zero-order valence-corrected chi connectivity index (χ0v) is 11.5. The van der Waals surface area contributed by atoms with Crippen LogP contribution in [0.4, 0.5) is 0 Å². The van der Waals surface area contributed by atoms with Crippen LogP contribution in [0.5, 0.6) is 0 Å². The number of rotatable bonds is 5. The van der Waals surface area contributed by atoms with Gasteiger partial charge in [0, 0.05) is 38.7 Å². The Labute approximate surface area is 114 Å². The van der Waals surface area contributed by atoms with E-state index in [9.17, 15) is 4.79 Å². The van der Waals surface area contributed by atoms with E-state index in [0.29, 0.717) is 24.5 Å². The molecule has 1 amide bonds. The van der Waals surface area contributed by atoms with Crippen molar-refractivity contribution in [3.05, 3.63) is 0 Å². The van der Waals surface area contributed by atoms with E-state index in [-0.39, 0.29) is 12.5 Å². The van der Waals surface area contributed by atoms with Crippen LogP contribution in [0.3, 0.4) is 0 Å². The normalized spacial score (nSPS) is 33.9. The van der Waals surface area contributed by atoms with Gasteiger partial charge in [0.1, 0.15) is 6.61 Å². The molecule has 108 valence electrons. The lowest BCUT2D eigenvalue weighted by Gasteiger charge is -2.17. The lowest BCUT2D eigenvalue weighted by atomic mass is 9.91. The quantitative estimate of drug-likeness (QED) is 0.726. The molecule has 3 saturated heterocycles. The van der Waals surface area contributed by atoms with Crippen LogP contribution < -0.4 is 5.32 Å². The first-order chi connectivity index (χ1) is 9.34. The maximum absolute atomic E-state index is 11.8. The number of carbonyl (C=O) groups is 1. The van der Waals surface area contributed by atoms with Gasteiger partial charge in [-0.2, -0.15) is 0 Å². The minimum atomic E-state index is 0.153. The molecule has 0 aromatic carbocycles. The van der Waals surface area contributed by atoms with E-state index in [1.807, 2.05) is 4.90 Å². The summed E-state index contributed by atoms with van der Waals surface area (Å²) in [5.74, 6) is 1.40. The molecule has 0 saturated carbocycles. The lowest BCUT2D eigenvalue weighted by Crippen LogP contribution is -2.31. The molecule has 5 nitrogen and oxygen atoms in total. The molecule has 3 aliphatic rings. The lowest BCUT2D eigenvalue weighted by molar-refractivity contribution is -0.135. The van der Waals surface area contributed by atoms with Crippen LogP contribution in [-0.2, 0) is 14.3 Å². The van der Waals surface area contributed by atoms with Gasteiger partial charge in [0.05, 0.1) is 12.7 Å². The summed E-state index contributed by atoms with van der Waals surface area (Å²) in [6.45, 7) is 5.68. The molecular weight excluding hydrogens is 244 g/mol. The average Bonchev–Trinajstić information content (AvgIpc) is 3.12. The Bertz CT molecular complexity index is 318. The molecule has 0 spiro atoms. The monoisotopic (exact) mass is 268 g/mol. The van der Waals surface area contributed by atoms with E-state index in [4.69, 9.17) is 9.47 Å². The van der Waals surface area contributed by atoms with Gasteiger partial charge in [0.2, 0.25) is 5.91 Å². The summed E-state index contributed by atoms with van der Waals surface area (Å²) in [5, 5.41) is 3.37. The third kappa shape index (κ3) is 3.09. The van der Waals surface area contributed by atoms with Crippen molar-refractivity contribution in [3.8, 4) is 0 Å². The van der Waals surface area contributed by atoms with Gasteiger partial charge < -0.3 is 19.7 Å². The minimum absolute atomic E-state index is 0.153. The molecule has 3 aliphatic heterocycles. The molecule has 0 bridgehead atoms. The second kappa shape index (κ2) is 6.20. The van der Waals surface area contributed by atoms with Crippen LogP contribution in [0.2, 0.25) is 0 Å². The van der Waals surface area contributed by atoms with E-state index in [2.05, 4.69) is 5.32 Å². The van der Waals surface area contributed by atoms with E-state index in [1.54, 1.807) is 0 Å². The molecule has 19 heavy (non-hydrogen) atoms. The summed E-state index contributed by atoms with van der Waals surface area (Å²) < 4.78 is 11.3. The Morgan fingerprint density at radius 2 is 2.16 bits per heavy atom. The first kappa shape index (κ1) is 13.3. The second-order valence-electron chi connectivity index (χ2n) is 5.88. The summed E-state index contributed by atoms with van der Waals surface area (Å²) in [6.07, 6.45) is 3.70. The maximum Gasteiger partial charge on any atom is 0.248 e. The van der Waals surface area contributed by atoms with Gasteiger partial charge in [-0.05, 0) is 25.2 Å². The standard InChI is InChI=1S/C14H24N2O3/c17-14(16-4-1-2-5-16)10-18-6-3-11-9-19-13-8-15-7-12(11)13/h11-13,15H,1-10H2/t11-,12-,13-/m0/s1. The van der Waals surface area contributed by atoms with Gasteiger partial charge in [-0.25, -0.2) is 0 Å². The largest absolute Gasteiger partial charge is 0.376 e. The predicted molar refractivity (Wildman–Crippen MR) is 70.8 cm³/mol. The van der Waals surface area contributed by atoms with Crippen LogP contribution >= 0.6 is 0 Å². The Balaban J connectivity index is 1.31. The summed E-state index contributed by atoms with van der Waals surface area (Å²) in [4.78, 5) is 13.7. The number of hydrogen-bond acceptors (Lipinski definition) is 4. The molecule has 3 rings (SSSR count). The van der Waals surface area contributed by atoms with Crippen molar-refractivity contribution in [1.82, 2.24) is 10.2 Å². The molecule has 3 fully saturated rings. The average molecular weight is 268 g/mol. The van der Waals surface area contributed by atoms with Crippen LogP contribution in [0, 0.1) is 11.8 Å². The highest BCUT2D eigenvalue weighted by Crippen LogP contribution is 2.31. The highest BCUT2D eigenvalue weighted by atomic mass is 16.5. The Kier molecular flexibility index (Phi) is 4.35. The molecule has 1 N–H and O–H groups in total. The molecule has 0 unspecified atom stereocenters. The fourth-order valence-corrected chi connectivity index (χ4v) is 3.45. The molecule has 0 aliphatic carbocycles. The van der Waals surface area contributed by atoms with Gasteiger partial charge in [0.25, 0.3) is 0 Å². The molecule has 0 radical (unpaired) electrons. The van der Waals surface area contributed by atoms with E-state index < -0.39 is 0 Å². The smallest absolute Gasteiger partial charge is 0.248 e. The van der Waals surface area contributed by atoms with Crippen molar-refractivity contribution in [3.63, 3.8) is 0 Å². The Morgan fingerprint density at radius 1 is 1.32 bits per heavy atom. The van der Waals surface area contributed by atoms with Gasteiger partial charge >= 0.3 is 0 Å². The fraction of sp³-hybridized carbons (Fsp3) is 0.929. The maximum atomic E-state index is 11.8. The first-order valence-corrected chi connectivity index (χ1v) is 7.52. The Morgan fingerprint density at radius 3 is 3.00 bits per heavy atom. The zero-order valence-electron chi connectivity index (χ0n) is 11.5. The van der Waals surface area contributed by atoms with E-state index in [0.717, 1.165) is 52.0 Å². The number of fused-ring (bicyclic) bond motifs is 1. The van der Waals surface area contributed by atoms with Gasteiger partial charge in [-0.15, -0.1) is 0 Å². The van der Waals surface area contributed by atoms with Crippen molar-refractivity contribution in [2.24, 2.45) is 11.8 Å². The molecule has 3 atom stereocenters. The van der Waals surface area contributed by atoms with E-state index >= 15 is 0 Å². The van der Waals surface area contributed by atoms with Gasteiger partial charge in [0.15, 0.2) is 0 Å². The molecule has 5 heteroatoms. The summed E-state index contributed by atoms with van der Waals surface area (Å²) in [5.41, 5.74) is 0. The molecule has 3 heterocycles. The number of amides is 1. The summed E-state index contributed by atoms with van der Waals surface area (Å²) >= 11 is 0. The van der Waals surface area contributed by atoms with Crippen molar-refractivity contribution >= 4 is 5.91 Å². The van der Waals surface area contributed by atoms with Gasteiger partial charge in [-0.1, -0.05) is 0 Å². The number of likely N-dealkylation sites (tertiary alicyclic amines) is 1. The topological polar surface area (TPSA) is 50.8 Å².